The van der Waals surface area contributed by atoms with Gasteiger partial charge in [0.25, 0.3) is 0 Å². The largest absolute Gasteiger partial charge is 0.375 e. The second-order valence-electron chi connectivity index (χ2n) is 9.42. The molecule has 0 bridgehead atoms. The molecule has 1 aromatic carbocycles. The van der Waals surface area contributed by atoms with Crippen LogP contribution in [0.15, 0.2) is 73.2 Å². The molecule has 0 saturated carbocycles. The number of amides is 1. The number of thiocarbonyl (C=S) groups is 1. The van der Waals surface area contributed by atoms with Crippen LogP contribution >= 0.6 is 23.8 Å². The Kier molecular flexibility index (Phi) is 7.92. The van der Waals surface area contributed by atoms with Crippen molar-refractivity contribution in [1.29, 1.82) is 0 Å². The molecule has 1 fully saturated rings. The number of halogens is 1. The van der Waals surface area contributed by atoms with Crippen molar-refractivity contribution in [3.8, 4) is 0 Å². The minimum Gasteiger partial charge on any atom is -0.375 e. The second kappa shape index (κ2) is 11.5. The number of nitrogens with zero attached hydrogens (tertiary/aromatic N) is 4. The van der Waals surface area contributed by atoms with E-state index < -0.39 is 0 Å². The van der Waals surface area contributed by atoms with Crippen molar-refractivity contribution in [3.05, 3.63) is 106 Å². The average Bonchev–Trinajstić information content (AvgIpc) is 3.42. The fraction of sp³-hybridized carbons (Fsp3) is 0.241. The Balaban J connectivity index is 1.56. The molecule has 4 heterocycles. The van der Waals surface area contributed by atoms with Gasteiger partial charge in [-0.2, -0.15) is 0 Å². The molecule has 0 aliphatic carbocycles. The first-order valence-corrected chi connectivity index (χ1v) is 13.3. The third-order valence-corrected chi connectivity index (χ3v) is 7.50. The summed E-state index contributed by atoms with van der Waals surface area (Å²) in [7, 11) is 1.47. The van der Waals surface area contributed by atoms with E-state index in [1.165, 1.54) is 7.11 Å². The van der Waals surface area contributed by atoms with Gasteiger partial charge in [0.2, 0.25) is 5.91 Å². The second-order valence-corrected chi connectivity index (χ2v) is 10.2. The van der Waals surface area contributed by atoms with Crippen molar-refractivity contribution in [3.63, 3.8) is 0 Å². The number of aromatic nitrogens is 3. The van der Waals surface area contributed by atoms with Gasteiger partial charge in [-0.15, -0.1) is 0 Å². The van der Waals surface area contributed by atoms with E-state index in [4.69, 9.17) is 28.6 Å². The van der Waals surface area contributed by atoms with E-state index in [-0.39, 0.29) is 24.6 Å². The molecule has 1 aliphatic rings. The maximum atomic E-state index is 12.0. The maximum absolute atomic E-state index is 12.0. The smallest absolute Gasteiger partial charge is 0.250 e. The highest BCUT2D eigenvalue weighted by molar-refractivity contribution is 7.80. The van der Waals surface area contributed by atoms with Crippen LogP contribution in [0.3, 0.4) is 0 Å². The van der Waals surface area contributed by atoms with Gasteiger partial charge in [-0.3, -0.25) is 14.8 Å². The van der Waals surface area contributed by atoms with Gasteiger partial charge >= 0.3 is 0 Å². The van der Waals surface area contributed by atoms with Crippen molar-refractivity contribution in [2.24, 2.45) is 0 Å². The number of methoxy groups -OCH3 is 1. The van der Waals surface area contributed by atoms with E-state index in [2.05, 4.69) is 56.0 Å². The third-order valence-electron chi connectivity index (χ3n) is 6.87. The first kappa shape index (κ1) is 26.8. The summed E-state index contributed by atoms with van der Waals surface area (Å²) in [5.74, 6) is -0.278. The Hall–Kier alpha value is -3.79. The SMILES string of the molecule is COCC(=O)Nc1ccc(N2C(=S)N[C@@H](c3ccccn3)[C@H]2c2cc(C)n(Cc3cccnc3)c2C)cc1Cl. The average molecular weight is 561 g/mol. The molecule has 8 nitrogen and oxygen atoms in total. The van der Waals surface area contributed by atoms with Gasteiger partial charge in [0.1, 0.15) is 6.61 Å². The lowest BCUT2D eigenvalue weighted by atomic mass is 9.96. The lowest BCUT2D eigenvalue weighted by Crippen LogP contribution is -2.29. The minimum absolute atomic E-state index is 0.0549. The zero-order valence-electron chi connectivity index (χ0n) is 21.9. The molecule has 4 aromatic rings. The van der Waals surface area contributed by atoms with Gasteiger partial charge in [-0.25, -0.2) is 0 Å². The van der Waals surface area contributed by atoms with Crippen LogP contribution in [0, 0.1) is 13.8 Å². The number of carbonyl (C=O) groups excluding carboxylic acids is 1. The number of nitrogens with one attached hydrogen (secondary N) is 2. The lowest BCUT2D eigenvalue weighted by molar-refractivity contribution is -0.119. The van der Waals surface area contributed by atoms with Gasteiger partial charge < -0.3 is 24.8 Å². The summed E-state index contributed by atoms with van der Waals surface area (Å²) >= 11 is 12.5. The summed E-state index contributed by atoms with van der Waals surface area (Å²) in [6, 6.07) is 17.3. The molecule has 5 rings (SSSR count). The number of benzene rings is 1. The molecule has 3 aromatic heterocycles. The molecule has 0 unspecified atom stereocenters. The molecule has 1 amide bonds. The van der Waals surface area contributed by atoms with Gasteiger partial charge in [-0.1, -0.05) is 23.7 Å². The molecule has 0 radical (unpaired) electrons. The number of hydrogen-bond donors (Lipinski definition) is 2. The van der Waals surface area contributed by atoms with Crippen LogP contribution < -0.4 is 15.5 Å². The predicted molar refractivity (Wildman–Crippen MR) is 157 cm³/mol. The number of pyridine rings is 2. The highest BCUT2D eigenvalue weighted by atomic mass is 35.5. The molecule has 0 spiro atoms. The molecule has 10 heteroatoms. The molecule has 200 valence electrons. The minimum atomic E-state index is -0.278. The number of carbonyl (C=O) groups is 1. The van der Waals surface area contributed by atoms with Crippen LogP contribution in [-0.2, 0) is 16.1 Å². The summed E-state index contributed by atoms with van der Waals surface area (Å²) < 4.78 is 7.21. The van der Waals surface area contributed by atoms with Crippen molar-refractivity contribution in [2.75, 3.05) is 23.9 Å². The van der Waals surface area contributed by atoms with Crippen molar-refractivity contribution in [1.82, 2.24) is 19.9 Å². The Morgan fingerprint density at radius 3 is 2.69 bits per heavy atom. The molecular formula is C29H29ClN6O2S. The highest BCUT2D eigenvalue weighted by Crippen LogP contribution is 2.44. The fourth-order valence-electron chi connectivity index (χ4n) is 5.07. The normalized spacial score (nSPS) is 16.8. The predicted octanol–water partition coefficient (Wildman–Crippen LogP) is 5.36. The van der Waals surface area contributed by atoms with Crippen molar-refractivity contribution in [2.45, 2.75) is 32.5 Å². The molecule has 2 atom stereocenters. The molecule has 1 saturated heterocycles. The summed E-state index contributed by atoms with van der Waals surface area (Å²) in [6.45, 7) is 4.91. The fourth-order valence-corrected chi connectivity index (χ4v) is 5.63. The molecule has 1 aliphatic heterocycles. The van der Waals surface area contributed by atoms with E-state index in [1.807, 2.05) is 42.6 Å². The van der Waals surface area contributed by atoms with E-state index >= 15 is 0 Å². The number of hydrogen-bond acceptors (Lipinski definition) is 5. The number of ether oxygens (including phenoxy) is 1. The van der Waals surface area contributed by atoms with Gasteiger partial charge in [0.05, 0.1) is 28.5 Å². The van der Waals surface area contributed by atoms with Crippen LogP contribution in [0.2, 0.25) is 5.02 Å². The first-order chi connectivity index (χ1) is 18.9. The summed E-state index contributed by atoms with van der Waals surface area (Å²) in [6.07, 6.45) is 5.47. The molecule has 39 heavy (non-hydrogen) atoms. The lowest BCUT2D eigenvalue weighted by Gasteiger charge is -2.28. The topological polar surface area (TPSA) is 84.3 Å². The Labute approximate surface area is 238 Å². The van der Waals surface area contributed by atoms with Crippen LogP contribution in [0.25, 0.3) is 0 Å². The zero-order chi connectivity index (χ0) is 27.5. The summed E-state index contributed by atoms with van der Waals surface area (Å²) in [5, 5.41) is 7.26. The van der Waals surface area contributed by atoms with Gasteiger partial charge in [-0.05, 0) is 79.7 Å². The molecule has 2 N–H and O–H groups in total. The Bertz CT molecular complexity index is 1490. The third kappa shape index (κ3) is 5.52. The monoisotopic (exact) mass is 560 g/mol. The maximum Gasteiger partial charge on any atom is 0.250 e. The first-order valence-electron chi connectivity index (χ1n) is 12.5. The Morgan fingerprint density at radius 1 is 1.15 bits per heavy atom. The standard InChI is InChI=1S/C29H29ClN6O2S/c1-18-13-22(19(2)35(18)16-20-7-6-11-31-15-20)28-27(25-8-4-5-12-32-25)34-29(39)36(28)21-9-10-24(23(30)14-21)33-26(37)17-38-3/h4-15,27-28H,16-17H2,1-3H3,(H,33,37)(H,34,39)/t27-,28+/m0/s1. The molecular weight excluding hydrogens is 532 g/mol. The van der Waals surface area contributed by atoms with Crippen molar-refractivity contribution < 1.29 is 9.53 Å². The van der Waals surface area contributed by atoms with E-state index in [9.17, 15) is 4.79 Å². The van der Waals surface area contributed by atoms with E-state index in [0.717, 1.165) is 33.9 Å². The summed E-state index contributed by atoms with van der Waals surface area (Å²) in [4.78, 5) is 23.1. The van der Waals surface area contributed by atoms with Gasteiger partial charge in [0, 0.05) is 49.3 Å². The number of anilines is 2. The summed E-state index contributed by atoms with van der Waals surface area (Å²) in [5.41, 5.74) is 6.73. The highest BCUT2D eigenvalue weighted by Gasteiger charge is 2.42. The van der Waals surface area contributed by atoms with Crippen LogP contribution in [0.5, 0.6) is 0 Å². The van der Waals surface area contributed by atoms with Crippen LogP contribution in [0.1, 0.15) is 40.3 Å². The number of aryl methyl sites for hydroxylation is 1. The Morgan fingerprint density at radius 2 is 2.00 bits per heavy atom. The van der Waals surface area contributed by atoms with Gasteiger partial charge in [0.15, 0.2) is 5.11 Å². The number of rotatable bonds is 8. The van der Waals surface area contributed by atoms with E-state index in [0.29, 0.717) is 22.4 Å². The van der Waals surface area contributed by atoms with Crippen LogP contribution in [-0.4, -0.2) is 39.3 Å². The van der Waals surface area contributed by atoms with E-state index in [1.54, 1.807) is 18.5 Å². The zero-order valence-corrected chi connectivity index (χ0v) is 23.5. The van der Waals surface area contributed by atoms with Crippen LogP contribution in [0.4, 0.5) is 11.4 Å². The quantitative estimate of drug-likeness (QED) is 0.281. The van der Waals surface area contributed by atoms with Crippen molar-refractivity contribution >= 4 is 46.2 Å².